The Morgan fingerprint density at radius 3 is 2.55 bits per heavy atom. The van der Waals surface area contributed by atoms with Crippen LogP contribution in [0.15, 0.2) is 64.5 Å². The van der Waals surface area contributed by atoms with Gasteiger partial charge in [-0.05, 0) is 43.5 Å². The van der Waals surface area contributed by atoms with Crippen LogP contribution in [0.5, 0.6) is 0 Å². The van der Waals surface area contributed by atoms with E-state index in [0.29, 0.717) is 18.1 Å². The molecule has 152 valence electrons. The number of aromatic amines is 1. The zero-order valence-electron chi connectivity index (χ0n) is 16.3. The maximum Gasteiger partial charge on any atom is 0.343 e. The standard InChI is InChI=1S/C21H23FN4O2S/c1-14(17-8-10-18(22)11-9-17)23-19(27)15(2)29-21-25-24-20(28)26(21)13-12-16-6-4-3-5-7-16/h3-11,14-15H,12-13H2,1-2H3,(H,23,27)(H,24,28)/t14-,15+/m0/s1. The molecule has 6 nitrogen and oxygen atoms in total. The van der Waals surface area contributed by atoms with Gasteiger partial charge in [-0.15, -0.1) is 5.10 Å². The van der Waals surface area contributed by atoms with Crippen LogP contribution in [0, 0.1) is 5.82 Å². The predicted octanol–water partition coefficient (Wildman–Crippen LogP) is 3.31. The van der Waals surface area contributed by atoms with Crippen molar-refractivity contribution in [1.29, 1.82) is 0 Å². The van der Waals surface area contributed by atoms with Gasteiger partial charge < -0.3 is 5.32 Å². The topological polar surface area (TPSA) is 79.8 Å². The smallest absolute Gasteiger partial charge is 0.343 e. The number of H-pyrrole nitrogens is 1. The fourth-order valence-electron chi connectivity index (χ4n) is 2.85. The molecule has 8 heteroatoms. The normalized spacial score (nSPS) is 13.1. The van der Waals surface area contributed by atoms with Crippen molar-refractivity contribution >= 4 is 17.7 Å². The molecule has 3 rings (SSSR count). The lowest BCUT2D eigenvalue weighted by Gasteiger charge is -2.17. The third-order valence-electron chi connectivity index (χ3n) is 4.57. The first kappa shape index (κ1) is 20.9. The van der Waals surface area contributed by atoms with Crippen LogP contribution in [-0.4, -0.2) is 25.9 Å². The lowest BCUT2D eigenvalue weighted by Crippen LogP contribution is -2.33. The summed E-state index contributed by atoms with van der Waals surface area (Å²) in [4.78, 5) is 24.7. The van der Waals surface area contributed by atoms with E-state index in [1.54, 1.807) is 23.6 Å². The van der Waals surface area contributed by atoms with E-state index in [-0.39, 0.29) is 23.5 Å². The molecule has 0 fully saturated rings. The van der Waals surface area contributed by atoms with E-state index in [4.69, 9.17) is 0 Å². The summed E-state index contributed by atoms with van der Waals surface area (Å²) in [5.41, 5.74) is 1.64. The van der Waals surface area contributed by atoms with Crippen molar-refractivity contribution in [2.45, 2.75) is 43.3 Å². The van der Waals surface area contributed by atoms with Crippen LogP contribution in [0.2, 0.25) is 0 Å². The number of aryl methyl sites for hydroxylation is 1. The molecule has 2 atom stereocenters. The van der Waals surface area contributed by atoms with Crippen molar-refractivity contribution in [2.75, 3.05) is 0 Å². The van der Waals surface area contributed by atoms with E-state index >= 15 is 0 Å². The Bertz CT molecular complexity index is 1000. The Morgan fingerprint density at radius 2 is 1.86 bits per heavy atom. The van der Waals surface area contributed by atoms with Crippen LogP contribution in [0.4, 0.5) is 4.39 Å². The largest absolute Gasteiger partial charge is 0.349 e. The molecule has 0 aliphatic rings. The molecule has 1 aromatic heterocycles. The Balaban J connectivity index is 1.61. The van der Waals surface area contributed by atoms with Gasteiger partial charge in [0.05, 0.1) is 11.3 Å². The van der Waals surface area contributed by atoms with Crippen LogP contribution in [0.1, 0.15) is 31.0 Å². The Morgan fingerprint density at radius 1 is 1.17 bits per heavy atom. The first-order valence-electron chi connectivity index (χ1n) is 9.35. The van der Waals surface area contributed by atoms with Crippen molar-refractivity contribution in [3.8, 4) is 0 Å². The number of aromatic nitrogens is 3. The Kier molecular flexibility index (Phi) is 6.87. The van der Waals surface area contributed by atoms with E-state index in [2.05, 4.69) is 15.5 Å². The number of halogens is 1. The molecule has 0 aliphatic heterocycles. The number of amides is 1. The minimum atomic E-state index is -0.455. The molecule has 1 amide bonds. The maximum absolute atomic E-state index is 13.1. The monoisotopic (exact) mass is 414 g/mol. The van der Waals surface area contributed by atoms with Gasteiger partial charge in [0.25, 0.3) is 0 Å². The Hall–Kier alpha value is -2.87. The average molecular weight is 415 g/mol. The predicted molar refractivity (Wildman–Crippen MR) is 111 cm³/mol. The first-order valence-corrected chi connectivity index (χ1v) is 10.2. The van der Waals surface area contributed by atoms with Gasteiger partial charge in [0.2, 0.25) is 5.91 Å². The Labute approximate surface area is 172 Å². The summed E-state index contributed by atoms with van der Waals surface area (Å²) < 4.78 is 14.6. The summed E-state index contributed by atoms with van der Waals surface area (Å²) in [5.74, 6) is -0.500. The van der Waals surface area contributed by atoms with Crippen LogP contribution in [0.3, 0.4) is 0 Å². The zero-order valence-corrected chi connectivity index (χ0v) is 17.1. The van der Waals surface area contributed by atoms with Crippen molar-refractivity contribution in [3.63, 3.8) is 0 Å². The molecule has 2 aromatic carbocycles. The van der Waals surface area contributed by atoms with E-state index in [1.807, 2.05) is 37.3 Å². The highest BCUT2D eigenvalue weighted by atomic mass is 32.2. The minimum Gasteiger partial charge on any atom is -0.349 e. The van der Waals surface area contributed by atoms with Gasteiger partial charge in [-0.3, -0.25) is 9.36 Å². The van der Waals surface area contributed by atoms with Crippen LogP contribution >= 0.6 is 11.8 Å². The minimum absolute atomic E-state index is 0.183. The van der Waals surface area contributed by atoms with Crippen LogP contribution < -0.4 is 11.0 Å². The zero-order chi connectivity index (χ0) is 20.8. The lowest BCUT2D eigenvalue weighted by atomic mass is 10.1. The van der Waals surface area contributed by atoms with Crippen LogP contribution in [-0.2, 0) is 17.8 Å². The number of thioether (sulfide) groups is 1. The molecular formula is C21H23FN4O2S. The van der Waals surface area contributed by atoms with Gasteiger partial charge in [-0.1, -0.05) is 54.2 Å². The highest BCUT2D eigenvalue weighted by Gasteiger charge is 2.21. The summed E-state index contributed by atoms with van der Waals surface area (Å²) in [6.07, 6.45) is 0.690. The summed E-state index contributed by atoms with van der Waals surface area (Å²) in [6.45, 7) is 4.08. The summed E-state index contributed by atoms with van der Waals surface area (Å²) in [5, 5.41) is 9.46. The molecule has 1 heterocycles. The number of carbonyl (C=O) groups excluding carboxylic acids is 1. The third-order valence-corrected chi connectivity index (χ3v) is 5.66. The van der Waals surface area contributed by atoms with E-state index in [1.165, 1.54) is 23.9 Å². The molecule has 0 radical (unpaired) electrons. The highest BCUT2D eigenvalue weighted by Crippen LogP contribution is 2.22. The molecule has 0 bridgehead atoms. The first-order chi connectivity index (χ1) is 13.9. The summed E-state index contributed by atoms with van der Waals surface area (Å²) in [6, 6.07) is 15.6. The third kappa shape index (κ3) is 5.57. The average Bonchev–Trinajstić information content (AvgIpc) is 3.06. The number of hydrogen-bond acceptors (Lipinski definition) is 4. The van der Waals surface area contributed by atoms with Gasteiger partial charge in [0, 0.05) is 6.54 Å². The van der Waals surface area contributed by atoms with Crippen molar-refractivity contribution in [3.05, 3.63) is 82.0 Å². The number of hydrogen-bond donors (Lipinski definition) is 2. The number of nitrogens with zero attached hydrogens (tertiary/aromatic N) is 2. The lowest BCUT2D eigenvalue weighted by molar-refractivity contribution is -0.120. The highest BCUT2D eigenvalue weighted by molar-refractivity contribution is 8.00. The maximum atomic E-state index is 13.1. The molecular weight excluding hydrogens is 391 g/mol. The molecule has 0 spiro atoms. The van der Waals surface area contributed by atoms with E-state index in [0.717, 1.165) is 11.1 Å². The van der Waals surface area contributed by atoms with Crippen molar-refractivity contribution in [1.82, 2.24) is 20.1 Å². The van der Waals surface area contributed by atoms with Gasteiger partial charge >= 0.3 is 5.69 Å². The van der Waals surface area contributed by atoms with E-state index in [9.17, 15) is 14.0 Å². The molecule has 0 aliphatic carbocycles. The number of rotatable bonds is 8. The van der Waals surface area contributed by atoms with Gasteiger partial charge in [0.15, 0.2) is 5.16 Å². The van der Waals surface area contributed by atoms with Gasteiger partial charge in [0.1, 0.15) is 5.82 Å². The fraction of sp³-hybridized carbons (Fsp3) is 0.286. The van der Waals surface area contributed by atoms with Crippen molar-refractivity contribution in [2.24, 2.45) is 0 Å². The molecule has 2 N–H and O–H groups in total. The van der Waals surface area contributed by atoms with E-state index < -0.39 is 5.25 Å². The quantitative estimate of drug-likeness (QED) is 0.554. The second-order valence-corrected chi connectivity index (χ2v) is 8.05. The molecule has 0 saturated heterocycles. The van der Waals surface area contributed by atoms with Gasteiger partial charge in [-0.2, -0.15) is 0 Å². The van der Waals surface area contributed by atoms with Gasteiger partial charge in [-0.25, -0.2) is 14.3 Å². The fourth-order valence-corrected chi connectivity index (χ4v) is 3.74. The summed E-state index contributed by atoms with van der Waals surface area (Å²) in [7, 11) is 0. The van der Waals surface area contributed by atoms with Crippen LogP contribution in [0.25, 0.3) is 0 Å². The molecule has 0 saturated carbocycles. The number of carbonyl (C=O) groups is 1. The number of benzene rings is 2. The second-order valence-electron chi connectivity index (χ2n) is 6.74. The SMILES string of the molecule is C[C@H](NC(=O)[C@@H](C)Sc1n[nH]c(=O)n1CCc1ccccc1)c1ccc(F)cc1. The second kappa shape index (κ2) is 9.56. The van der Waals surface area contributed by atoms with Crippen molar-refractivity contribution < 1.29 is 9.18 Å². The summed E-state index contributed by atoms with van der Waals surface area (Å²) >= 11 is 1.22. The molecule has 29 heavy (non-hydrogen) atoms. The molecule has 3 aromatic rings. The number of nitrogens with one attached hydrogen (secondary N) is 2. The molecule has 0 unspecified atom stereocenters.